The van der Waals surface area contributed by atoms with E-state index in [0.717, 1.165) is 5.56 Å². The van der Waals surface area contributed by atoms with Crippen molar-refractivity contribution in [2.45, 2.75) is 13.5 Å². The van der Waals surface area contributed by atoms with E-state index in [1.165, 1.54) is 0 Å². The number of nitrogens with one attached hydrogen (secondary N) is 1. The van der Waals surface area contributed by atoms with Gasteiger partial charge in [-0.3, -0.25) is 4.79 Å². The van der Waals surface area contributed by atoms with Gasteiger partial charge in [-0.15, -0.1) is 0 Å². The molecule has 0 aliphatic heterocycles. The van der Waals surface area contributed by atoms with Crippen molar-refractivity contribution in [1.29, 1.82) is 0 Å². The minimum absolute atomic E-state index is 0.0619. The zero-order valence-electron chi connectivity index (χ0n) is 10.0. The Balaban J connectivity index is 2.40. The Hall–Kier alpha value is -2.24. The topological polar surface area (TPSA) is 84.9 Å². The van der Waals surface area contributed by atoms with Crippen molar-refractivity contribution in [1.82, 2.24) is 5.32 Å². The molecule has 0 heterocycles. The summed E-state index contributed by atoms with van der Waals surface area (Å²) in [6.07, 6.45) is -0.765. The Morgan fingerprint density at radius 1 is 1.39 bits per heavy atom. The highest BCUT2D eigenvalue weighted by atomic mass is 16.5. The van der Waals surface area contributed by atoms with Gasteiger partial charge >= 0.3 is 12.1 Å². The fraction of sp³-hybridized carbons (Fsp3) is 0.333. The van der Waals surface area contributed by atoms with E-state index in [9.17, 15) is 9.59 Å². The number of hydrogen-bond acceptors (Lipinski definition) is 4. The van der Waals surface area contributed by atoms with E-state index >= 15 is 0 Å². The molecular weight excluding hydrogens is 238 g/mol. The van der Waals surface area contributed by atoms with Crippen LogP contribution >= 0.6 is 0 Å². The molecule has 6 nitrogen and oxygen atoms in total. The Bertz CT molecular complexity index is 419. The van der Waals surface area contributed by atoms with E-state index in [-0.39, 0.29) is 6.61 Å². The maximum Gasteiger partial charge on any atom is 0.407 e. The predicted molar refractivity (Wildman–Crippen MR) is 63.4 cm³/mol. The van der Waals surface area contributed by atoms with E-state index < -0.39 is 18.6 Å². The number of benzene rings is 1. The molecule has 0 fully saturated rings. The van der Waals surface area contributed by atoms with Crippen molar-refractivity contribution in [3.63, 3.8) is 0 Å². The molecule has 0 aliphatic rings. The summed E-state index contributed by atoms with van der Waals surface area (Å²) in [7, 11) is 0. The van der Waals surface area contributed by atoms with E-state index in [1.807, 2.05) is 6.92 Å². The Morgan fingerprint density at radius 3 is 2.83 bits per heavy atom. The summed E-state index contributed by atoms with van der Waals surface area (Å²) in [6.45, 7) is 2.04. The van der Waals surface area contributed by atoms with E-state index in [2.05, 4.69) is 5.32 Å². The van der Waals surface area contributed by atoms with Crippen LogP contribution in [0.5, 0.6) is 5.75 Å². The van der Waals surface area contributed by atoms with Crippen LogP contribution in [0, 0.1) is 0 Å². The SMILES string of the molecule is CCOc1cccc(COC(=O)NCC(=O)O)c1. The van der Waals surface area contributed by atoms with Crippen molar-refractivity contribution in [2.24, 2.45) is 0 Å². The van der Waals surface area contributed by atoms with Crippen molar-refractivity contribution in [3.05, 3.63) is 29.8 Å². The second-order valence-electron chi connectivity index (χ2n) is 3.40. The van der Waals surface area contributed by atoms with Crippen LogP contribution in [-0.4, -0.2) is 30.3 Å². The third-order valence-corrected chi connectivity index (χ3v) is 1.96. The molecule has 1 amide bonds. The first-order valence-electron chi connectivity index (χ1n) is 5.46. The van der Waals surface area contributed by atoms with Gasteiger partial charge in [0.2, 0.25) is 0 Å². The lowest BCUT2D eigenvalue weighted by Crippen LogP contribution is -2.29. The van der Waals surface area contributed by atoms with Gasteiger partial charge in [0.05, 0.1) is 6.61 Å². The van der Waals surface area contributed by atoms with Crippen LogP contribution in [0.3, 0.4) is 0 Å². The largest absolute Gasteiger partial charge is 0.494 e. The van der Waals surface area contributed by atoms with Crippen LogP contribution in [0.25, 0.3) is 0 Å². The Kier molecular flexibility index (Phi) is 5.50. The average molecular weight is 253 g/mol. The number of amides is 1. The number of hydrogen-bond donors (Lipinski definition) is 2. The number of carboxylic acids is 1. The molecular formula is C12H15NO5. The molecule has 0 aliphatic carbocycles. The van der Waals surface area contributed by atoms with Crippen LogP contribution in [-0.2, 0) is 16.1 Å². The number of carboxylic acid groups (broad SMARTS) is 1. The summed E-state index contributed by atoms with van der Waals surface area (Å²) in [6, 6.07) is 7.14. The summed E-state index contributed by atoms with van der Waals surface area (Å²) in [5.74, 6) is -0.421. The van der Waals surface area contributed by atoms with E-state index in [0.29, 0.717) is 12.4 Å². The predicted octanol–water partition coefficient (Wildman–Crippen LogP) is 1.40. The lowest BCUT2D eigenvalue weighted by molar-refractivity contribution is -0.135. The molecule has 0 bridgehead atoms. The van der Waals surface area contributed by atoms with Crippen molar-refractivity contribution in [3.8, 4) is 5.75 Å². The van der Waals surface area contributed by atoms with Gasteiger partial charge in [-0.2, -0.15) is 0 Å². The van der Waals surface area contributed by atoms with Crippen LogP contribution in [0.4, 0.5) is 4.79 Å². The van der Waals surface area contributed by atoms with E-state index in [4.69, 9.17) is 14.6 Å². The second-order valence-corrected chi connectivity index (χ2v) is 3.40. The highest BCUT2D eigenvalue weighted by Crippen LogP contribution is 2.13. The van der Waals surface area contributed by atoms with Gasteiger partial charge in [-0.1, -0.05) is 12.1 Å². The van der Waals surface area contributed by atoms with Gasteiger partial charge in [0, 0.05) is 0 Å². The summed E-state index contributed by atoms with van der Waals surface area (Å²) >= 11 is 0. The molecule has 0 spiro atoms. The third-order valence-electron chi connectivity index (χ3n) is 1.96. The lowest BCUT2D eigenvalue weighted by Gasteiger charge is -2.07. The molecule has 0 unspecified atom stereocenters. The maximum absolute atomic E-state index is 11.1. The molecule has 18 heavy (non-hydrogen) atoms. The normalized spacial score (nSPS) is 9.61. The lowest BCUT2D eigenvalue weighted by atomic mass is 10.2. The smallest absolute Gasteiger partial charge is 0.407 e. The van der Waals surface area contributed by atoms with Crippen LogP contribution in [0.1, 0.15) is 12.5 Å². The highest BCUT2D eigenvalue weighted by molar-refractivity contribution is 5.76. The quantitative estimate of drug-likeness (QED) is 0.800. The molecule has 0 aromatic heterocycles. The molecule has 0 saturated carbocycles. The minimum Gasteiger partial charge on any atom is -0.494 e. The molecule has 1 aromatic carbocycles. The molecule has 6 heteroatoms. The standard InChI is InChI=1S/C12H15NO5/c1-2-17-10-5-3-4-9(6-10)8-18-12(16)13-7-11(14)15/h3-6H,2,7-8H2,1H3,(H,13,16)(H,14,15). The first kappa shape index (κ1) is 13.8. The third kappa shape index (κ3) is 5.20. The van der Waals surface area contributed by atoms with Crippen molar-refractivity contribution in [2.75, 3.05) is 13.2 Å². The van der Waals surface area contributed by atoms with Crippen molar-refractivity contribution < 1.29 is 24.2 Å². The van der Waals surface area contributed by atoms with Crippen LogP contribution in [0.2, 0.25) is 0 Å². The van der Waals surface area contributed by atoms with Gasteiger partial charge in [-0.05, 0) is 24.6 Å². The Labute approximate surface area is 105 Å². The number of aliphatic carboxylic acids is 1. The number of carbonyl (C=O) groups is 2. The molecule has 1 rings (SSSR count). The molecule has 1 aromatic rings. The zero-order chi connectivity index (χ0) is 13.4. The summed E-state index contributed by atoms with van der Waals surface area (Å²) in [4.78, 5) is 21.3. The van der Waals surface area contributed by atoms with Gasteiger partial charge in [-0.25, -0.2) is 4.79 Å². The number of ether oxygens (including phenoxy) is 2. The molecule has 0 saturated heterocycles. The number of alkyl carbamates (subject to hydrolysis) is 1. The highest BCUT2D eigenvalue weighted by Gasteiger charge is 2.05. The average Bonchev–Trinajstić information content (AvgIpc) is 2.35. The molecule has 0 atom stereocenters. The van der Waals surface area contributed by atoms with Crippen LogP contribution in [0.15, 0.2) is 24.3 Å². The fourth-order valence-corrected chi connectivity index (χ4v) is 1.24. The van der Waals surface area contributed by atoms with Gasteiger partial charge in [0.15, 0.2) is 0 Å². The minimum atomic E-state index is -1.12. The first-order valence-corrected chi connectivity index (χ1v) is 5.46. The first-order chi connectivity index (χ1) is 8.61. The van der Waals surface area contributed by atoms with E-state index in [1.54, 1.807) is 24.3 Å². The van der Waals surface area contributed by atoms with Crippen molar-refractivity contribution >= 4 is 12.1 Å². The number of carbonyl (C=O) groups excluding carboxylic acids is 1. The Morgan fingerprint density at radius 2 is 2.17 bits per heavy atom. The number of rotatable bonds is 6. The molecule has 2 N–H and O–H groups in total. The monoisotopic (exact) mass is 253 g/mol. The summed E-state index contributed by atoms with van der Waals surface area (Å²) < 4.78 is 10.1. The molecule has 98 valence electrons. The van der Waals surface area contributed by atoms with Crippen LogP contribution < -0.4 is 10.1 Å². The zero-order valence-corrected chi connectivity index (χ0v) is 10.0. The maximum atomic E-state index is 11.1. The fourth-order valence-electron chi connectivity index (χ4n) is 1.24. The van der Waals surface area contributed by atoms with Gasteiger partial charge < -0.3 is 19.9 Å². The summed E-state index contributed by atoms with van der Waals surface area (Å²) in [5.41, 5.74) is 0.770. The molecule has 0 radical (unpaired) electrons. The summed E-state index contributed by atoms with van der Waals surface area (Å²) in [5, 5.41) is 10.5. The van der Waals surface area contributed by atoms with Gasteiger partial charge in [0.25, 0.3) is 0 Å². The van der Waals surface area contributed by atoms with Gasteiger partial charge in [0.1, 0.15) is 18.9 Å². The second kappa shape index (κ2) is 7.16.